The number of halogens is 2. The molecule has 2 aromatic heterocycles. The quantitative estimate of drug-likeness (QED) is 0.445. The molecule has 0 radical (unpaired) electrons. The number of aryl methyl sites for hydroxylation is 1. The van der Waals surface area contributed by atoms with Gasteiger partial charge in [0.05, 0.1) is 10.4 Å². The molecule has 0 saturated carbocycles. The first-order valence-electron chi connectivity index (χ1n) is 10.8. The van der Waals surface area contributed by atoms with Gasteiger partial charge in [-0.25, -0.2) is 14.4 Å². The van der Waals surface area contributed by atoms with E-state index in [1.165, 1.54) is 17.4 Å². The Balaban J connectivity index is 1.48. The van der Waals surface area contributed by atoms with E-state index in [0.29, 0.717) is 43.7 Å². The van der Waals surface area contributed by atoms with Crippen LogP contribution in [0.1, 0.15) is 35.9 Å². The number of carboxylic acids is 1. The molecule has 1 fully saturated rings. The highest BCUT2D eigenvalue weighted by molar-refractivity contribution is 7.15. The highest BCUT2D eigenvalue weighted by atomic mass is 35.5. The second-order valence-electron chi connectivity index (χ2n) is 8.66. The summed E-state index contributed by atoms with van der Waals surface area (Å²) in [5.41, 5.74) is 0.318. The third kappa shape index (κ3) is 5.34. The van der Waals surface area contributed by atoms with E-state index >= 15 is 0 Å². The second-order valence-corrected chi connectivity index (χ2v) is 10.3. The summed E-state index contributed by atoms with van der Waals surface area (Å²) in [5, 5.41) is 14.2. The van der Waals surface area contributed by atoms with Crippen LogP contribution >= 0.6 is 22.9 Å². The Kier molecular flexibility index (Phi) is 6.97. The van der Waals surface area contributed by atoms with Gasteiger partial charge < -0.3 is 10.4 Å². The maximum absolute atomic E-state index is 14.4. The van der Waals surface area contributed by atoms with Crippen LogP contribution in [0.2, 0.25) is 5.02 Å². The Morgan fingerprint density at radius 1 is 1.36 bits per heavy atom. The van der Waals surface area contributed by atoms with Gasteiger partial charge in [-0.15, -0.1) is 11.3 Å². The number of anilines is 2. The summed E-state index contributed by atoms with van der Waals surface area (Å²) in [6.45, 7) is 4.93. The van der Waals surface area contributed by atoms with Gasteiger partial charge in [0.25, 0.3) is 0 Å². The van der Waals surface area contributed by atoms with Crippen molar-refractivity contribution in [2.75, 3.05) is 11.9 Å². The first-order valence-corrected chi connectivity index (χ1v) is 12.0. The van der Waals surface area contributed by atoms with E-state index in [0.717, 1.165) is 15.7 Å². The number of aromatic nitrogens is 2. The van der Waals surface area contributed by atoms with E-state index in [1.54, 1.807) is 18.3 Å². The Hall–Kier alpha value is -2.55. The van der Waals surface area contributed by atoms with Crippen LogP contribution in [0.4, 0.5) is 15.3 Å². The third-order valence-electron chi connectivity index (χ3n) is 6.23. The SMILES string of the molecule is Cc1cnc(Nc2cccc(CC3(C(=O)O)CCN(Cc4cccc(Cl)c4F)C(C)C3)n2)s1. The minimum absolute atomic E-state index is 0.0344. The van der Waals surface area contributed by atoms with E-state index in [9.17, 15) is 14.3 Å². The molecule has 1 aliphatic rings. The molecule has 1 aliphatic heterocycles. The summed E-state index contributed by atoms with van der Waals surface area (Å²) in [6, 6.07) is 10.5. The predicted molar refractivity (Wildman–Crippen MR) is 129 cm³/mol. The number of carboxylic acid groups (broad SMARTS) is 1. The number of thiazole rings is 1. The van der Waals surface area contributed by atoms with Gasteiger partial charge in [-0.1, -0.05) is 29.8 Å². The van der Waals surface area contributed by atoms with Crippen molar-refractivity contribution in [1.29, 1.82) is 0 Å². The average molecular weight is 489 g/mol. The van der Waals surface area contributed by atoms with Crippen molar-refractivity contribution >= 4 is 39.9 Å². The molecule has 0 amide bonds. The lowest BCUT2D eigenvalue weighted by Gasteiger charge is -2.43. The van der Waals surface area contributed by atoms with Gasteiger partial charge >= 0.3 is 5.97 Å². The summed E-state index contributed by atoms with van der Waals surface area (Å²) in [5.74, 6) is -0.590. The summed E-state index contributed by atoms with van der Waals surface area (Å²) in [6.07, 6.45) is 3.04. The van der Waals surface area contributed by atoms with Crippen LogP contribution in [0.15, 0.2) is 42.6 Å². The number of carbonyl (C=O) groups is 1. The summed E-state index contributed by atoms with van der Waals surface area (Å²) in [7, 11) is 0. The molecule has 0 bridgehead atoms. The van der Waals surface area contributed by atoms with Gasteiger partial charge in [0.15, 0.2) is 5.13 Å². The Morgan fingerprint density at radius 3 is 2.85 bits per heavy atom. The van der Waals surface area contributed by atoms with Gasteiger partial charge in [0, 0.05) is 41.3 Å². The Morgan fingerprint density at radius 2 is 2.15 bits per heavy atom. The lowest BCUT2D eigenvalue weighted by molar-refractivity contribution is -0.153. The van der Waals surface area contributed by atoms with E-state index in [1.807, 2.05) is 32.0 Å². The predicted octanol–water partition coefficient (Wildman–Crippen LogP) is 5.68. The summed E-state index contributed by atoms with van der Waals surface area (Å²) in [4.78, 5) is 24.6. The zero-order chi connectivity index (χ0) is 23.6. The van der Waals surface area contributed by atoms with Crippen LogP contribution in [0.25, 0.3) is 0 Å². The minimum atomic E-state index is -0.924. The molecule has 3 heterocycles. The largest absolute Gasteiger partial charge is 0.481 e. The molecule has 1 aromatic carbocycles. The maximum Gasteiger partial charge on any atom is 0.310 e. The molecule has 2 N–H and O–H groups in total. The topological polar surface area (TPSA) is 78.3 Å². The number of nitrogens with zero attached hydrogens (tertiary/aromatic N) is 3. The number of hydrogen-bond acceptors (Lipinski definition) is 6. The molecule has 0 aliphatic carbocycles. The highest BCUT2D eigenvalue weighted by Crippen LogP contribution is 2.39. The first-order chi connectivity index (χ1) is 15.8. The van der Waals surface area contributed by atoms with Crippen LogP contribution in [0, 0.1) is 18.2 Å². The molecular weight excluding hydrogens is 463 g/mol. The molecule has 6 nitrogen and oxygen atoms in total. The van der Waals surface area contributed by atoms with E-state index in [2.05, 4.69) is 20.2 Å². The van der Waals surface area contributed by atoms with Crippen molar-refractivity contribution in [3.8, 4) is 0 Å². The van der Waals surface area contributed by atoms with Crippen molar-refractivity contribution in [1.82, 2.24) is 14.9 Å². The second kappa shape index (κ2) is 9.75. The molecule has 33 heavy (non-hydrogen) atoms. The lowest BCUT2D eigenvalue weighted by atomic mass is 9.72. The van der Waals surface area contributed by atoms with Crippen LogP contribution in [0.5, 0.6) is 0 Å². The number of nitrogens with one attached hydrogen (secondary N) is 1. The molecule has 0 spiro atoms. The molecule has 1 saturated heterocycles. The highest BCUT2D eigenvalue weighted by Gasteiger charge is 2.44. The van der Waals surface area contributed by atoms with Crippen molar-refractivity contribution in [2.45, 2.75) is 45.7 Å². The number of likely N-dealkylation sites (tertiary alicyclic amines) is 1. The summed E-state index contributed by atoms with van der Waals surface area (Å²) >= 11 is 7.46. The van der Waals surface area contributed by atoms with Crippen molar-refractivity contribution in [3.05, 3.63) is 69.6 Å². The Bertz CT molecular complexity index is 1160. The fourth-order valence-electron chi connectivity index (χ4n) is 4.45. The standard InChI is InChI=1S/C24H26ClFN4O2S/c1-15-11-24(22(31)32,9-10-30(15)14-17-5-3-7-19(25)21(17)26)12-18-6-4-8-20(28-18)29-23-27-13-16(2)33-23/h3-8,13,15H,9-12,14H2,1-2H3,(H,31,32)(H,27,28,29). The third-order valence-corrected chi connectivity index (χ3v) is 7.35. The first kappa shape index (κ1) is 23.6. The van der Waals surface area contributed by atoms with Gasteiger partial charge in [-0.3, -0.25) is 9.69 Å². The number of aliphatic carboxylic acids is 1. The maximum atomic E-state index is 14.4. The van der Waals surface area contributed by atoms with E-state index in [-0.39, 0.29) is 11.1 Å². The molecule has 2 atom stereocenters. The number of benzene rings is 1. The van der Waals surface area contributed by atoms with Crippen molar-refractivity contribution in [2.24, 2.45) is 5.41 Å². The van der Waals surface area contributed by atoms with Crippen LogP contribution in [-0.4, -0.2) is 38.5 Å². The molecule has 174 valence electrons. The van der Waals surface area contributed by atoms with Crippen LogP contribution < -0.4 is 5.32 Å². The van der Waals surface area contributed by atoms with Crippen molar-refractivity contribution < 1.29 is 14.3 Å². The number of rotatable bonds is 7. The molecule has 2 unspecified atom stereocenters. The van der Waals surface area contributed by atoms with Crippen LogP contribution in [0.3, 0.4) is 0 Å². The zero-order valence-corrected chi connectivity index (χ0v) is 20.1. The average Bonchev–Trinajstić information content (AvgIpc) is 3.18. The number of pyridine rings is 1. The van der Waals surface area contributed by atoms with Crippen molar-refractivity contribution in [3.63, 3.8) is 0 Å². The fourth-order valence-corrected chi connectivity index (χ4v) is 5.31. The van der Waals surface area contributed by atoms with E-state index in [4.69, 9.17) is 11.6 Å². The number of hydrogen-bond donors (Lipinski definition) is 2. The van der Waals surface area contributed by atoms with E-state index < -0.39 is 17.2 Å². The Labute approximate surface area is 201 Å². The van der Waals surface area contributed by atoms with Gasteiger partial charge in [-0.2, -0.15) is 0 Å². The minimum Gasteiger partial charge on any atom is -0.481 e. The monoisotopic (exact) mass is 488 g/mol. The number of piperidine rings is 1. The normalized spacial score (nSPS) is 21.2. The zero-order valence-electron chi connectivity index (χ0n) is 18.5. The molecule has 4 rings (SSSR count). The molecular formula is C24H26ClFN4O2S. The summed E-state index contributed by atoms with van der Waals surface area (Å²) < 4.78 is 14.4. The van der Waals surface area contributed by atoms with Gasteiger partial charge in [-0.05, 0) is 51.4 Å². The fraction of sp³-hybridized carbons (Fsp3) is 0.375. The van der Waals surface area contributed by atoms with Gasteiger partial charge in [0.2, 0.25) is 0 Å². The smallest absolute Gasteiger partial charge is 0.310 e. The lowest BCUT2D eigenvalue weighted by Crippen LogP contribution is -2.49. The van der Waals surface area contributed by atoms with Gasteiger partial charge in [0.1, 0.15) is 11.6 Å². The molecule has 9 heteroatoms. The van der Waals surface area contributed by atoms with Crippen LogP contribution in [-0.2, 0) is 17.8 Å². The molecule has 3 aromatic rings.